The van der Waals surface area contributed by atoms with Gasteiger partial charge in [-0.3, -0.25) is 9.10 Å². The van der Waals surface area contributed by atoms with Crippen molar-refractivity contribution in [3.05, 3.63) is 90.1 Å². The fraction of sp³-hybridized carbons (Fsp3) is 0.185. The number of aromatic nitrogens is 1. The molecule has 9 nitrogen and oxygen atoms in total. The molecule has 0 N–H and O–H groups in total. The fourth-order valence-electron chi connectivity index (χ4n) is 4.15. The maximum absolute atomic E-state index is 13.6. The number of nitrogens with zero attached hydrogens (tertiary/aromatic N) is 3. The van der Waals surface area contributed by atoms with Gasteiger partial charge in [-0.1, -0.05) is 42.0 Å². The molecule has 0 bridgehead atoms. The molecule has 0 amide bonds. The number of hydrogen-bond acceptors (Lipinski definition) is 7. The number of fused-ring (bicyclic) bond motifs is 1. The highest BCUT2D eigenvalue weighted by Gasteiger charge is 2.33. The number of benzene rings is 3. The van der Waals surface area contributed by atoms with E-state index in [1.54, 1.807) is 37.3 Å². The van der Waals surface area contributed by atoms with Gasteiger partial charge in [0.1, 0.15) is 0 Å². The molecule has 4 rings (SSSR count). The SMILES string of the molecule is CCN(c1cnc(N(COC=O)S(=O)(=O)c2ccc(C(F)(F)F)cc2)c2ccccc12)S(=O)(=O)c1ccc(C)cc1. The molecule has 0 spiro atoms. The molecular weight excluding hydrogens is 583 g/mol. The molecular formula is C27H24F3N3O6S2. The van der Waals surface area contributed by atoms with Crippen LogP contribution in [0.15, 0.2) is 88.8 Å². The Morgan fingerprint density at radius 2 is 1.37 bits per heavy atom. The first-order chi connectivity index (χ1) is 19.3. The Bertz CT molecular complexity index is 1780. The standard InChI is InChI=1S/C27H24F3N3O6S2/c1-3-32(40(35,36)21-12-8-19(2)9-13-21)25-16-31-26(24-7-5-4-6-23(24)25)33(17-39-18-34)41(37,38)22-14-10-20(11-15-22)27(28,29)30/h4-16,18H,3,17H2,1-2H3. The Morgan fingerprint density at radius 3 is 1.90 bits per heavy atom. The number of anilines is 2. The molecule has 14 heteroatoms. The van der Waals surface area contributed by atoms with E-state index >= 15 is 0 Å². The van der Waals surface area contributed by atoms with Gasteiger partial charge in [0.05, 0.1) is 27.2 Å². The molecule has 0 aliphatic heterocycles. The van der Waals surface area contributed by atoms with Crippen LogP contribution in [-0.4, -0.2) is 41.6 Å². The van der Waals surface area contributed by atoms with Gasteiger partial charge in [-0.2, -0.15) is 13.2 Å². The van der Waals surface area contributed by atoms with E-state index in [0.29, 0.717) is 21.8 Å². The smallest absolute Gasteiger partial charge is 0.416 e. The maximum Gasteiger partial charge on any atom is 0.416 e. The lowest BCUT2D eigenvalue weighted by atomic mass is 10.1. The largest absolute Gasteiger partial charge is 0.445 e. The molecule has 0 aliphatic carbocycles. The number of sulfonamides is 2. The van der Waals surface area contributed by atoms with E-state index in [9.17, 15) is 34.8 Å². The van der Waals surface area contributed by atoms with Gasteiger partial charge in [0.2, 0.25) is 0 Å². The van der Waals surface area contributed by atoms with Gasteiger partial charge in [0, 0.05) is 17.3 Å². The highest BCUT2D eigenvalue weighted by molar-refractivity contribution is 7.93. The average Bonchev–Trinajstić information content (AvgIpc) is 2.94. The molecule has 1 aromatic heterocycles. The van der Waals surface area contributed by atoms with Gasteiger partial charge in [-0.15, -0.1) is 0 Å². The van der Waals surface area contributed by atoms with Crippen molar-refractivity contribution in [2.45, 2.75) is 29.8 Å². The predicted molar refractivity (Wildman–Crippen MR) is 146 cm³/mol. The van der Waals surface area contributed by atoms with Gasteiger partial charge >= 0.3 is 6.18 Å². The molecule has 0 aliphatic rings. The summed E-state index contributed by atoms with van der Waals surface area (Å²) in [7, 11) is -8.66. The summed E-state index contributed by atoms with van der Waals surface area (Å²) in [5, 5.41) is 0.501. The molecule has 1 heterocycles. The lowest BCUT2D eigenvalue weighted by Crippen LogP contribution is -2.35. The highest BCUT2D eigenvalue weighted by atomic mass is 32.2. The van der Waals surface area contributed by atoms with Crippen LogP contribution in [0.1, 0.15) is 18.1 Å². The van der Waals surface area contributed by atoms with Crippen molar-refractivity contribution in [3.63, 3.8) is 0 Å². The second-order valence-electron chi connectivity index (χ2n) is 8.76. The first kappa shape index (κ1) is 29.8. The van der Waals surface area contributed by atoms with Crippen LogP contribution in [-0.2, 0) is 35.8 Å². The molecule has 0 unspecified atom stereocenters. The zero-order valence-corrected chi connectivity index (χ0v) is 23.4. The molecule has 216 valence electrons. The van der Waals surface area contributed by atoms with Crippen LogP contribution < -0.4 is 8.61 Å². The number of ether oxygens (including phenoxy) is 1. The van der Waals surface area contributed by atoms with Crippen molar-refractivity contribution in [2.75, 3.05) is 21.9 Å². The summed E-state index contributed by atoms with van der Waals surface area (Å²) in [5.74, 6) is -0.227. The lowest BCUT2D eigenvalue weighted by molar-refractivity contribution is -0.137. The van der Waals surface area contributed by atoms with Gasteiger partial charge in [0.15, 0.2) is 12.5 Å². The Labute approximate surface area is 234 Å². The summed E-state index contributed by atoms with van der Waals surface area (Å²) in [6, 6.07) is 15.4. The van der Waals surface area contributed by atoms with E-state index in [-0.39, 0.29) is 34.8 Å². The van der Waals surface area contributed by atoms with Crippen molar-refractivity contribution in [1.82, 2.24) is 4.98 Å². The Balaban J connectivity index is 1.87. The summed E-state index contributed by atoms with van der Waals surface area (Å²) in [6.07, 6.45) is -3.50. The summed E-state index contributed by atoms with van der Waals surface area (Å²) in [5.41, 5.74) is -0.0134. The van der Waals surface area contributed by atoms with Crippen LogP contribution >= 0.6 is 0 Å². The second-order valence-corrected chi connectivity index (χ2v) is 12.5. The summed E-state index contributed by atoms with van der Waals surface area (Å²) < 4.78 is 100.0. The zero-order valence-electron chi connectivity index (χ0n) is 21.7. The third-order valence-corrected chi connectivity index (χ3v) is 9.81. The summed E-state index contributed by atoms with van der Waals surface area (Å²) in [6.45, 7) is 2.64. The van der Waals surface area contributed by atoms with Gasteiger partial charge in [-0.05, 0) is 50.2 Å². The van der Waals surface area contributed by atoms with E-state index in [0.717, 1.165) is 22.0 Å². The van der Waals surface area contributed by atoms with E-state index in [1.807, 2.05) is 6.92 Å². The average molecular weight is 608 g/mol. The third kappa shape index (κ3) is 5.84. The minimum atomic E-state index is -4.68. The van der Waals surface area contributed by atoms with Crippen molar-refractivity contribution < 1.29 is 39.5 Å². The van der Waals surface area contributed by atoms with Crippen LogP contribution in [0.4, 0.5) is 24.7 Å². The van der Waals surface area contributed by atoms with Crippen LogP contribution in [0, 0.1) is 6.92 Å². The van der Waals surface area contributed by atoms with Crippen molar-refractivity contribution in [2.24, 2.45) is 0 Å². The van der Waals surface area contributed by atoms with Gasteiger partial charge in [0.25, 0.3) is 26.5 Å². The van der Waals surface area contributed by atoms with Gasteiger partial charge < -0.3 is 4.74 Å². The number of carbonyl (C=O) groups excluding carboxylic acids is 1. The van der Waals surface area contributed by atoms with E-state index in [2.05, 4.69) is 4.98 Å². The number of carbonyl (C=O) groups is 1. The molecule has 0 fully saturated rings. The van der Waals surface area contributed by atoms with Crippen molar-refractivity contribution >= 4 is 48.8 Å². The Kier molecular flexibility index (Phi) is 8.27. The molecule has 41 heavy (non-hydrogen) atoms. The van der Waals surface area contributed by atoms with Crippen LogP contribution in [0.3, 0.4) is 0 Å². The number of aryl methyl sites for hydroxylation is 1. The normalized spacial score (nSPS) is 12.2. The van der Waals surface area contributed by atoms with Crippen LogP contribution in [0.25, 0.3) is 10.8 Å². The molecule has 0 radical (unpaired) electrons. The van der Waals surface area contributed by atoms with Gasteiger partial charge in [-0.25, -0.2) is 26.1 Å². The first-order valence-electron chi connectivity index (χ1n) is 12.0. The minimum Gasteiger partial charge on any atom is -0.445 e. The molecule has 0 atom stereocenters. The minimum absolute atomic E-state index is 0.0127. The lowest BCUT2D eigenvalue weighted by Gasteiger charge is -2.27. The topological polar surface area (TPSA) is 114 Å². The van der Waals surface area contributed by atoms with Crippen molar-refractivity contribution in [1.29, 1.82) is 0 Å². The van der Waals surface area contributed by atoms with Crippen LogP contribution in [0.5, 0.6) is 0 Å². The fourth-order valence-corrected chi connectivity index (χ4v) is 6.94. The number of halogens is 3. The Morgan fingerprint density at radius 1 is 0.829 bits per heavy atom. The second kappa shape index (κ2) is 11.4. The van der Waals surface area contributed by atoms with Crippen molar-refractivity contribution in [3.8, 4) is 0 Å². The Hall–Kier alpha value is -4.17. The maximum atomic E-state index is 13.6. The summed E-state index contributed by atoms with van der Waals surface area (Å²) in [4.78, 5) is 14.8. The zero-order chi connectivity index (χ0) is 30.0. The molecule has 4 aromatic rings. The van der Waals surface area contributed by atoms with E-state index in [4.69, 9.17) is 4.74 Å². The summed E-state index contributed by atoms with van der Waals surface area (Å²) >= 11 is 0. The molecule has 0 saturated heterocycles. The van der Waals surface area contributed by atoms with E-state index < -0.39 is 43.4 Å². The first-order valence-corrected chi connectivity index (χ1v) is 14.9. The van der Waals surface area contributed by atoms with Crippen LogP contribution in [0.2, 0.25) is 0 Å². The number of alkyl halides is 3. The molecule has 0 saturated carbocycles. The third-order valence-electron chi connectivity index (χ3n) is 6.18. The number of hydrogen-bond donors (Lipinski definition) is 0. The monoisotopic (exact) mass is 607 g/mol. The molecule has 3 aromatic carbocycles. The quantitative estimate of drug-likeness (QED) is 0.182. The number of pyridine rings is 1. The predicted octanol–water partition coefficient (Wildman–Crippen LogP) is 5.10. The van der Waals surface area contributed by atoms with E-state index in [1.165, 1.54) is 24.4 Å². The number of rotatable bonds is 10. The highest BCUT2D eigenvalue weighted by Crippen LogP contribution is 2.37.